The van der Waals surface area contributed by atoms with Gasteiger partial charge >= 0.3 is 0 Å². The summed E-state index contributed by atoms with van der Waals surface area (Å²) < 4.78 is 1.85. The summed E-state index contributed by atoms with van der Waals surface area (Å²) in [5.41, 5.74) is 3.06. The first-order valence-electron chi connectivity index (χ1n) is 8.30. The van der Waals surface area contributed by atoms with Gasteiger partial charge in [0.05, 0.1) is 6.33 Å². The van der Waals surface area contributed by atoms with Crippen molar-refractivity contribution in [3.05, 3.63) is 78.4 Å². The molecule has 1 aromatic heterocycles. The number of benzene rings is 2. The van der Waals surface area contributed by atoms with E-state index in [1.54, 1.807) is 37.6 Å². The van der Waals surface area contributed by atoms with Gasteiger partial charge in [-0.15, -0.1) is 0 Å². The highest BCUT2D eigenvalue weighted by Gasteiger charge is 2.17. The summed E-state index contributed by atoms with van der Waals surface area (Å²) in [5.74, 6) is -0.558. The van der Waals surface area contributed by atoms with Crippen LogP contribution in [0.15, 0.2) is 67.3 Å². The van der Waals surface area contributed by atoms with Crippen molar-refractivity contribution in [1.29, 1.82) is 0 Å². The topological polar surface area (TPSA) is 76.0 Å². The lowest BCUT2D eigenvalue weighted by molar-refractivity contribution is -0.117. The van der Waals surface area contributed by atoms with Crippen LogP contribution in [0.4, 0.5) is 5.69 Å². The molecule has 0 aliphatic heterocycles. The molecule has 2 N–H and O–H groups in total. The van der Waals surface area contributed by atoms with Gasteiger partial charge in [-0.3, -0.25) is 9.59 Å². The Morgan fingerprint density at radius 2 is 1.92 bits per heavy atom. The van der Waals surface area contributed by atoms with E-state index in [0.717, 1.165) is 11.3 Å². The Bertz CT molecular complexity index is 919. The van der Waals surface area contributed by atoms with Crippen LogP contribution in [0, 0.1) is 6.92 Å². The van der Waals surface area contributed by atoms with E-state index in [2.05, 4.69) is 15.6 Å². The monoisotopic (exact) mass is 348 g/mol. The van der Waals surface area contributed by atoms with Crippen LogP contribution in [0.3, 0.4) is 0 Å². The molecule has 0 aliphatic carbocycles. The number of amides is 2. The molecule has 0 saturated carbocycles. The summed E-state index contributed by atoms with van der Waals surface area (Å²) in [6.07, 6.45) is 5.20. The molecule has 6 nitrogen and oxygen atoms in total. The van der Waals surface area contributed by atoms with Crippen LogP contribution < -0.4 is 10.6 Å². The fraction of sp³-hybridized carbons (Fsp3) is 0.150. The SMILES string of the molecule is Cc1cccc(C(=O)N[C@@H](C)C(=O)Nc2cccc(-n3ccnc3)c2)c1. The second-order valence-corrected chi connectivity index (χ2v) is 6.07. The van der Waals surface area contributed by atoms with Crippen LogP contribution in [0.2, 0.25) is 0 Å². The molecule has 2 amide bonds. The van der Waals surface area contributed by atoms with Gasteiger partial charge in [0.1, 0.15) is 6.04 Å². The molecule has 6 heteroatoms. The van der Waals surface area contributed by atoms with Gasteiger partial charge in [0.25, 0.3) is 5.91 Å². The molecule has 0 spiro atoms. The van der Waals surface area contributed by atoms with Gasteiger partial charge in [0.2, 0.25) is 5.91 Å². The van der Waals surface area contributed by atoms with Crippen molar-refractivity contribution in [3.63, 3.8) is 0 Å². The van der Waals surface area contributed by atoms with Crippen molar-refractivity contribution in [1.82, 2.24) is 14.9 Å². The normalized spacial score (nSPS) is 11.6. The third-order valence-electron chi connectivity index (χ3n) is 3.94. The number of carbonyl (C=O) groups is 2. The van der Waals surface area contributed by atoms with Crippen LogP contribution in [-0.4, -0.2) is 27.4 Å². The number of nitrogens with zero attached hydrogens (tertiary/aromatic N) is 2. The largest absolute Gasteiger partial charge is 0.341 e. The summed E-state index contributed by atoms with van der Waals surface area (Å²) in [6.45, 7) is 3.57. The van der Waals surface area contributed by atoms with E-state index in [0.29, 0.717) is 11.3 Å². The minimum absolute atomic E-state index is 0.275. The summed E-state index contributed by atoms with van der Waals surface area (Å²) in [6, 6.07) is 14.0. The van der Waals surface area contributed by atoms with Gasteiger partial charge in [-0.05, 0) is 44.2 Å². The van der Waals surface area contributed by atoms with Gasteiger partial charge in [0, 0.05) is 29.3 Å². The van der Waals surface area contributed by atoms with Gasteiger partial charge < -0.3 is 15.2 Å². The fourth-order valence-electron chi connectivity index (χ4n) is 2.54. The molecule has 1 heterocycles. The molecular formula is C20H20N4O2. The minimum atomic E-state index is -0.667. The minimum Gasteiger partial charge on any atom is -0.341 e. The third-order valence-corrected chi connectivity index (χ3v) is 3.94. The number of aryl methyl sites for hydroxylation is 1. The van der Waals surface area contributed by atoms with Crippen molar-refractivity contribution >= 4 is 17.5 Å². The first-order chi connectivity index (χ1) is 12.5. The zero-order valence-corrected chi connectivity index (χ0v) is 14.6. The maximum atomic E-state index is 12.4. The first kappa shape index (κ1) is 17.4. The molecule has 1 atom stereocenters. The molecule has 0 bridgehead atoms. The van der Waals surface area contributed by atoms with Gasteiger partial charge in [-0.2, -0.15) is 0 Å². The zero-order valence-electron chi connectivity index (χ0n) is 14.6. The lowest BCUT2D eigenvalue weighted by Gasteiger charge is -2.15. The summed E-state index contributed by atoms with van der Waals surface area (Å²) in [5, 5.41) is 5.54. The highest BCUT2D eigenvalue weighted by Crippen LogP contribution is 2.14. The number of rotatable bonds is 5. The molecule has 0 radical (unpaired) electrons. The fourth-order valence-corrected chi connectivity index (χ4v) is 2.54. The van der Waals surface area contributed by atoms with Gasteiger partial charge in [0.15, 0.2) is 0 Å². The molecule has 0 saturated heterocycles. The van der Waals surface area contributed by atoms with Crippen molar-refractivity contribution in [3.8, 4) is 5.69 Å². The quantitative estimate of drug-likeness (QED) is 0.744. The van der Waals surface area contributed by atoms with Crippen molar-refractivity contribution in [2.75, 3.05) is 5.32 Å². The summed E-state index contributed by atoms with van der Waals surface area (Å²) in [4.78, 5) is 28.7. The zero-order chi connectivity index (χ0) is 18.5. The smallest absolute Gasteiger partial charge is 0.251 e. The predicted octanol–water partition coefficient (Wildman–Crippen LogP) is 2.94. The van der Waals surface area contributed by atoms with Crippen molar-refractivity contribution in [2.45, 2.75) is 19.9 Å². The Morgan fingerprint density at radius 3 is 2.65 bits per heavy atom. The maximum Gasteiger partial charge on any atom is 0.251 e. The number of imidazole rings is 1. The number of nitrogens with one attached hydrogen (secondary N) is 2. The lowest BCUT2D eigenvalue weighted by Crippen LogP contribution is -2.41. The molecule has 2 aromatic carbocycles. The van der Waals surface area contributed by atoms with Gasteiger partial charge in [-0.25, -0.2) is 4.98 Å². The Labute approximate surface area is 151 Å². The molecule has 3 rings (SSSR count). The number of anilines is 1. The Balaban J connectivity index is 1.64. The van der Waals surface area contributed by atoms with E-state index >= 15 is 0 Å². The third kappa shape index (κ3) is 4.16. The van der Waals surface area contributed by atoms with Crippen molar-refractivity contribution < 1.29 is 9.59 Å². The highest BCUT2D eigenvalue weighted by molar-refractivity contribution is 6.01. The molecule has 132 valence electrons. The Hall–Kier alpha value is -3.41. The average molecular weight is 348 g/mol. The molecule has 26 heavy (non-hydrogen) atoms. The molecule has 0 aliphatic rings. The second kappa shape index (κ2) is 7.65. The van der Waals surface area contributed by atoms with E-state index in [-0.39, 0.29) is 11.8 Å². The first-order valence-corrected chi connectivity index (χ1v) is 8.30. The van der Waals surface area contributed by atoms with E-state index in [9.17, 15) is 9.59 Å². The van der Waals surface area contributed by atoms with Crippen LogP contribution in [0.5, 0.6) is 0 Å². The van der Waals surface area contributed by atoms with Gasteiger partial charge in [-0.1, -0.05) is 23.8 Å². The van der Waals surface area contributed by atoms with Crippen LogP contribution in [0.25, 0.3) is 5.69 Å². The average Bonchev–Trinajstić information content (AvgIpc) is 3.16. The van der Waals surface area contributed by atoms with Crippen LogP contribution >= 0.6 is 0 Å². The van der Waals surface area contributed by atoms with Crippen LogP contribution in [0.1, 0.15) is 22.8 Å². The number of carbonyl (C=O) groups excluding carboxylic acids is 2. The summed E-state index contributed by atoms with van der Waals surface area (Å²) >= 11 is 0. The van der Waals surface area contributed by atoms with E-state index in [4.69, 9.17) is 0 Å². The molecule has 0 unspecified atom stereocenters. The van der Waals surface area contributed by atoms with E-state index in [1.165, 1.54) is 0 Å². The Kier molecular flexibility index (Phi) is 5.12. The second-order valence-electron chi connectivity index (χ2n) is 6.07. The van der Waals surface area contributed by atoms with E-state index < -0.39 is 6.04 Å². The van der Waals surface area contributed by atoms with E-state index in [1.807, 2.05) is 48.0 Å². The lowest BCUT2D eigenvalue weighted by atomic mass is 10.1. The number of hydrogen-bond donors (Lipinski definition) is 2. The molecular weight excluding hydrogens is 328 g/mol. The summed E-state index contributed by atoms with van der Waals surface area (Å²) in [7, 11) is 0. The highest BCUT2D eigenvalue weighted by atomic mass is 16.2. The number of hydrogen-bond acceptors (Lipinski definition) is 3. The number of aromatic nitrogens is 2. The van der Waals surface area contributed by atoms with Crippen molar-refractivity contribution in [2.24, 2.45) is 0 Å². The predicted molar refractivity (Wildman–Crippen MR) is 100 cm³/mol. The molecule has 0 fully saturated rings. The standard InChI is InChI=1S/C20H20N4O2/c1-14-5-3-6-16(11-14)20(26)22-15(2)19(25)23-17-7-4-8-18(12-17)24-10-9-21-13-24/h3-13,15H,1-2H3,(H,22,26)(H,23,25)/t15-/m0/s1. The molecule has 3 aromatic rings. The maximum absolute atomic E-state index is 12.4. The van der Waals surface area contributed by atoms with Crippen LogP contribution in [-0.2, 0) is 4.79 Å². The Morgan fingerprint density at radius 1 is 1.12 bits per heavy atom.